The van der Waals surface area contributed by atoms with Crippen molar-refractivity contribution in [2.45, 2.75) is 25.8 Å². The number of hydrogen-bond donors (Lipinski definition) is 1. The summed E-state index contributed by atoms with van der Waals surface area (Å²) in [6.07, 6.45) is 1.12. The second kappa shape index (κ2) is 4.12. The average molecular weight is 244 g/mol. The van der Waals surface area contributed by atoms with Crippen molar-refractivity contribution in [3.63, 3.8) is 0 Å². The Balaban J connectivity index is 1.84. The molecule has 4 nitrogen and oxygen atoms in total. The summed E-state index contributed by atoms with van der Waals surface area (Å²) in [5.74, 6) is -0.209. The number of carbonyl (C=O) groups excluding carboxylic acids is 2. The highest BCUT2D eigenvalue weighted by molar-refractivity contribution is 6.03. The van der Waals surface area contributed by atoms with Crippen LogP contribution < -0.4 is 5.32 Å². The van der Waals surface area contributed by atoms with Crippen molar-refractivity contribution in [2.75, 3.05) is 11.9 Å². The van der Waals surface area contributed by atoms with Gasteiger partial charge < -0.3 is 5.32 Å². The van der Waals surface area contributed by atoms with E-state index in [-0.39, 0.29) is 23.8 Å². The van der Waals surface area contributed by atoms with E-state index in [2.05, 4.69) is 5.32 Å². The van der Waals surface area contributed by atoms with Crippen molar-refractivity contribution in [2.24, 2.45) is 5.92 Å². The molecule has 94 valence electrons. The number of likely N-dealkylation sites (tertiary alicyclic amines) is 1. The molecular formula is C14H16N2O2. The summed E-state index contributed by atoms with van der Waals surface area (Å²) in [6.45, 7) is 2.48. The maximum Gasteiger partial charge on any atom is 0.232 e. The van der Waals surface area contributed by atoms with Crippen LogP contribution in [0.2, 0.25) is 0 Å². The van der Waals surface area contributed by atoms with Gasteiger partial charge in [0.15, 0.2) is 0 Å². The molecule has 1 aromatic rings. The van der Waals surface area contributed by atoms with E-state index in [1.54, 1.807) is 0 Å². The molecule has 3 rings (SSSR count). The molecule has 1 fully saturated rings. The van der Waals surface area contributed by atoms with Crippen molar-refractivity contribution in [1.29, 1.82) is 0 Å². The van der Waals surface area contributed by atoms with Crippen molar-refractivity contribution in [3.8, 4) is 0 Å². The van der Waals surface area contributed by atoms with Gasteiger partial charge in [-0.3, -0.25) is 14.5 Å². The van der Waals surface area contributed by atoms with Crippen LogP contribution in [0, 0.1) is 5.92 Å². The molecule has 0 aliphatic carbocycles. The number of amides is 2. The first kappa shape index (κ1) is 11.3. The van der Waals surface area contributed by atoms with E-state index < -0.39 is 0 Å². The van der Waals surface area contributed by atoms with Crippen LogP contribution in [0.5, 0.6) is 0 Å². The highest BCUT2D eigenvalue weighted by Crippen LogP contribution is 2.28. The van der Waals surface area contributed by atoms with Gasteiger partial charge >= 0.3 is 0 Å². The van der Waals surface area contributed by atoms with Gasteiger partial charge in [-0.05, 0) is 18.1 Å². The first-order valence-corrected chi connectivity index (χ1v) is 6.34. The number of benzene rings is 1. The van der Waals surface area contributed by atoms with Crippen molar-refractivity contribution < 1.29 is 9.59 Å². The molecule has 0 saturated carbocycles. The van der Waals surface area contributed by atoms with Crippen LogP contribution in [0.4, 0.5) is 5.69 Å². The van der Waals surface area contributed by atoms with E-state index in [4.69, 9.17) is 0 Å². The van der Waals surface area contributed by atoms with Crippen molar-refractivity contribution >= 4 is 17.5 Å². The summed E-state index contributed by atoms with van der Waals surface area (Å²) in [7, 11) is 0. The van der Waals surface area contributed by atoms with Gasteiger partial charge in [0.2, 0.25) is 11.8 Å². The van der Waals surface area contributed by atoms with Gasteiger partial charge in [-0.25, -0.2) is 0 Å². The smallest absolute Gasteiger partial charge is 0.232 e. The summed E-state index contributed by atoms with van der Waals surface area (Å²) in [6, 6.07) is 8.01. The highest BCUT2D eigenvalue weighted by Gasteiger charge is 2.40. The second-order valence-corrected chi connectivity index (χ2v) is 5.10. The number of carbonyl (C=O) groups is 2. The molecule has 1 saturated heterocycles. The lowest BCUT2D eigenvalue weighted by molar-refractivity contribution is -0.141. The molecule has 2 aliphatic heterocycles. The lowest BCUT2D eigenvalue weighted by atomic mass is 9.98. The van der Waals surface area contributed by atoms with Crippen LogP contribution in [-0.4, -0.2) is 29.3 Å². The first-order chi connectivity index (χ1) is 8.66. The summed E-state index contributed by atoms with van der Waals surface area (Å²) in [4.78, 5) is 25.4. The minimum absolute atomic E-state index is 0.0221. The molecule has 2 atom stereocenters. The van der Waals surface area contributed by atoms with E-state index in [0.29, 0.717) is 13.0 Å². The fourth-order valence-electron chi connectivity index (χ4n) is 2.80. The SMILES string of the molecule is CC1CC(=O)N(C2CNc3ccccc3C2)C1=O. The van der Waals surface area contributed by atoms with Crippen LogP contribution in [0.3, 0.4) is 0 Å². The predicted molar refractivity (Wildman–Crippen MR) is 68.1 cm³/mol. The van der Waals surface area contributed by atoms with Crippen LogP contribution in [0.1, 0.15) is 18.9 Å². The van der Waals surface area contributed by atoms with Crippen LogP contribution in [0.25, 0.3) is 0 Å². The molecule has 1 N–H and O–H groups in total. The lowest BCUT2D eigenvalue weighted by Crippen LogP contribution is -2.47. The fourth-order valence-corrected chi connectivity index (χ4v) is 2.80. The fraction of sp³-hybridized carbons (Fsp3) is 0.429. The van der Waals surface area contributed by atoms with Gasteiger partial charge in [-0.1, -0.05) is 25.1 Å². The number of imide groups is 1. The average Bonchev–Trinajstić information content (AvgIpc) is 2.63. The summed E-state index contributed by atoms with van der Waals surface area (Å²) >= 11 is 0. The first-order valence-electron chi connectivity index (χ1n) is 6.34. The van der Waals surface area contributed by atoms with Gasteiger partial charge in [0.05, 0.1) is 6.04 Å². The molecule has 18 heavy (non-hydrogen) atoms. The number of hydrogen-bond acceptors (Lipinski definition) is 3. The third kappa shape index (κ3) is 1.68. The van der Waals surface area contributed by atoms with Gasteiger partial charge in [-0.2, -0.15) is 0 Å². The quantitative estimate of drug-likeness (QED) is 0.760. The zero-order valence-electron chi connectivity index (χ0n) is 10.3. The van der Waals surface area contributed by atoms with Gasteiger partial charge in [0, 0.05) is 24.6 Å². The van der Waals surface area contributed by atoms with E-state index in [0.717, 1.165) is 12.1 Å². The minimum Gasteiger partial charge on any atom is -0.383 e. The Morgan fingerprint density at radius 1 is 1.22 bits per heavy atom. The number of nitrogens with one attached hydrogen (secondary N) is 1. The van der Waals surface area contributed by atoms with Gasteiger partial charge in [-0.15, -0.1) is 0 Å². The largest absolute Gasteiger partial charge is 0.383 e. The number of rotatable bonds is 1. The van der Waals surface area contributed by atoms with E-state index in [1.165, 1.54) is 10.5 Å². The molecule has 0 spiro atoms. The van der Waals surface area contributed by atoms with E-state index in [1.807, 2.05) is 31.2 Å². The van der Waals surface area contributed by atoms with Crippen LogP contribution >= 0.6 is 0 Å². The standard InChI is InChI=1S/C14H16N2O2/c1-9-6-13(17)16(14(9)18)11-7-10-4-2-3-5-12(10)15-8-11/h2-5,9,11,15H,6-8H2,1H3. The van der Waals surface area contributed by atoms with Crippen LogP contribution in [-0.2, 0) is 16.0 Å². The lowest BCUT2D eigenvalue weighted by Gasteiger charge is -2.32. The van der Waals surface area contributed by atoms with Crippen LogP contribution in [0.15, 0.2) is 24.3 Å². The summed E-state index contributed by atoms with van der Waals surface area (Å²) in [5, 5.41) is 3.30. The van der Waals surface area contributed by atoms with Crippen molar-refractivity contribution in [3.05, 3.63) is 29.8 Å². The second-order valence-electron chi connectivity index (χ2n) is 5.10. The topological polar surface area (TPSA) is 49.4 Å². The number of nitrogens with zero attached hydrogens (tertiary/aromatic N) is 1. The molecule has 1 aromatic carbocycles. The molecule has 4 heteroatoms. The zero-order valence-corrected chi connectivity index (χ0v) is 10.3. The maximum atomic E-state index is 12.0. The molecule has 2 unspecified atom stereocenters. The summed E-state index contributed by atoms with van der Waals surface area (Å²) in [5.41, 5.74) is 2.29. The number of para-hydroxylation sites is 1. The third-order valence-electron chi connectivity index (χ3n) is 3.77. The Morgan fingerprint density at radius 2 is 2.00 bits per heavy atom. The number of anilines is 1. The minimum atomic E-state index is -0.158. The predicted octanol–water partition coefficient (Wildman–Crippen LogP) is 1.42. The molecule has 2 aliphatic rings. The monoisotopic (exact) mass is 244 g/mol. The molecule has 2 amide bonds. The molecule has 0 radical (unpaired) electrons. The molecule has 2 heterocycles. The number of fused-ring (bicyclic) bond motifs is 1. The van der Waals surface area contributed by atoms with Gasteiger partial charge in [0.1, 0.15) is 0 Å². The van der Waals surface area contributed by atoms with Gasteiger partial charge in [0.25, 0.3) is 0 Å². The molecule has 0 bridgehead atoms. The normalized spacial score (nSPS) is 27.1. The van der Waals surface area contributed by atoms with Crippen molar-refractivity contribution in [1.82, 2.24) is 4.90 Å². The zero-order chi connectivity index (χ0) is 12.7. The Hall–Kier alpha value is -1.84. The Labute approximate surface area is 106 Å². The Kier molecular flexibility index (Phi) is 2.58. The molecular weight excluding hydrogens is 228 g/mol. The maximum absolute atomic E-state index is 12.0. The molecule has 0 aromatic heterocycles. The Morgan fingerprint density at radius 3 is 2.72 bits per heavy atom. The Bertz CT molecular complexity index is 512. The van der Waals surface area contributed by atoms with E-state index in [9.17, 15) is 9.59 Å². The summed E-state index contributed by atoms with van der Waals surface area (Å²) < 4.78 is 0. The van der Waals surface area contributed by atoms with E-state index >= 15 is 0 Å². The highest BCUT2D eigenvalue weighted by atomic mass is 16.2. The third-order valence-corrected chi connectivity index (χ3v) is 3.77.